The highest BCUT2D eigenvalue weighted by atomic mass is 32.4. The quantitative estimate of drug-likeness (QED) is 0.368. The molecule has 0 N–H and O–H groups in total. The van der Waals surface area contributed by atoms with Crippen molar-refractivity contribution in [1.29, 1.82) is 0 Å². The maximum atomic E-state index is 5.01. The predicted octanol–water partition coefficient (Wildman–Crippen LogP) is 0.648. The molecule has 0 aromatic carbocycles. The summed E-state index contributed by atoms with van der Waals surface area (Å²) in [6, 6.07) is 0. The molecular formula is C6H16N3PS. The van der Waals surface area contributed by atoms with Gasteiger partial charge in [0.15, 0.2) is 0 Å². The van der Waals surface area contributed by atoms with Crippen molar-refractivity contribution >= 4 is 19.2 Å². The molecule has 66 valence electrons. The summed E-state index contributed by atoms with van der Waals surface area (Å²) < 4.78 is 0. The van der Waals surface area contributed by atoms with Crippen molar-refractivity contribution in [2.45, 2.75) is 5.91 Å². The number of rotatable bonds is 4. The van der Waals surface area contributed by atoms with Gasteiger partial charge in [-0.3, -0.25) is 4.90 Å². The van der Waals surface area contributed by atoms with Gasteiger partial charge in [-0.25, -0.2) is 10.0 Å². The van der Waals surface area contributed by atoms with E-state index in [1.54, 1.807) is 0 Å². The lowest BCUT2D eigenvalue weighted by molar-refractivity contribution is -0.00455. The van der Waals surface area contributed by atoms with Crippen LogP contribution in [0.5, 0.6) is 0 Å². The molecule has 0 aromatic heterocycles. The second kappa shape index (κ2) is 5.12. The molecule has 1 atom stereocenters. The zero-order valence-electron chi connectivity index (χ0n) is 7.77. The molecule has 0 radical (unpaired) electrons. The van der Waals surface area contributed by atoms with Gasteiger partial charge in [-0.2, -0.15) is 0 Å². The minimum absolute atomic E-state index is 0.292. The van der Waals surface area contributed by atoms with Gasteiger partial charge in [-0.05, 0) is 14.1 Å². The van der Waals surface area contributed by atoms with E-state index in [0.29, 0.717) is 5.91 Å². The van der Waals surface area contributed by atoms with Crippen LogP contribution in [0.15, 0.2) is 0 Å². The van der Waals surface area contributed by atoms with E-state index >= 15 is 0 Å². The average Bonchev–Trinajstić information content (AvgIpc) is 1.88. The van der Waals surface area contributed by atoms with Gasteiger partial charge >= 0.3 is 0 Å². The van der Waals surface area contributed by atoms with Crippen LogP contribution in [0.2, 0.25) is 0 Å². The summed E-state index contributed by atoms with van der Waals surface area (Å²) in [5.41, 5.74) is 0. The first kappa shape index (κ1) is 11.4. The van der Waals surface area contributed by atoms with Crippen LogP contribution < -0.4 is 0 Å². The van der Waals surface area contributed by atoms with E-state index in [2.05, 4.69) is 9.91 Å². The maximum absolute atomic E-state index is 5.01. The molecule has 0 aliphatic carbocycles. The van der Waals surface area contributed by atoms with E-state index in [9.17, 15) is 0 Å². The Hall–Kier alpha value is 0.400. The molecule has 0 aliphatic rings. The molecular weight excluding hydrogens is 177 g/mol. The molecule has 0 saturated heterocycles. The number of hydrogen-bond acceptors (Lipinski definition) is 4. The Morgan fingerprint density at radius 1 is 1.09 bits per heavy atom. The van der Waals surface area contributed by atoms with E-state index in [0.717, 1.165) is 7.36 Å². The third-order valence-electron chi connectivity index (χ3n) is 1.52. The van der Waals surface area contributed by atoms with Gasteiger partial charge in [-0.1, -0.05) is 11.8 Å². The third-order valence-corrected chi connectivity index (χ3v) is 3.07. The Labute approximate surface area is 75.8 Å². The highest BCUT2D eigenvalue weighted by molar-refractivity contribution is 7.96. The second-order valence-electron chi connectivity index (χ2n) is 2.84. The molecule has 0 spiro atoms. The van der Waals surface area contributed by atoms with Crippen molar-refractivity contribution in [2.75, 3.05) is 35.2 Å². The first-order chi connectivity index (χ1) is 5.00. The van der Waals surface area contributed by atoms with Gasteiger partial charge in [0.25, 0.3) is 0 Å². The van der Waals surface area contributed by atoms with Gasteiger partial charge in [0.1, 0.15) is 5.91 Å². The summed E-state index contributed by atoms with van der Waals surface area (Å²) in [7, 11) is 11.1. The van der Waals surface area contributed by atoms with Crippen LogP contribution in [0.25, 0.3) is 0 Å². The molecule has 0 amide bonds. The number of nitrogens with zero attached hydrogens (tertiary/aromatic N) is 3. The minimum Gasteiger partial charge on any atom is -0.285 e. The molecule has 3 nitrogen and oxygen atoms in total. The number of hydrazine groups is 1. The van der Waals surface area contributed by atoms with Crippen LogP contribution in [-0.4, -0.2) is 56.1 Å². The van der Waals surface area contributed by atoms with Crippen LogP contribution in [0.1, 0.15) is 0 Å². The molecule has 1 unspecified atom stereocenters. The molecule has 0 aliphatic heterocycles. The van der Waals surface area contributed by atoms with Crippen LogP contribution in [0, 0.1) is 0 Å². The van der Waals surface area contributed by atoms with E-state index in [4.69, 9.17) is 11.8 Å². The third kappa shape index (κ3) is 3.54. The van der Waals surface area contributed by atoms with Gasteiger partial charge in [0, 0.05) is 28.5 Å². The van der Waals surface area contributed by atoms with Gasteiger partial charge < -0.3 is 0 Å². The van der Waals surface area contributed by atoms with E-state index in [-0.39, 0.29) is 0 Å². The molecule has 11 heavy (non-hydrogen) atoms. The highest BCUT2D eigenvalue weighted by Crippen LogP contribution is 2.13. The Morgan fingerprint density at radius 2 is 1.55 bits per heavy atom. The van der Waals surface area contributed by atoms with E-state index in [1.807, 2.05) is 40.2 Å². The van der Waals surface area contributed by atoms with Crippen molar-refractivity contribution in [1.82, 2.24) is 14.9 Å². The molecule has 5 heteroatoms. The smallest absolute Gasteiger partial charge is 0.128 e. The van der Waals surface area contributed by atoms with Gasteiger partial charge in [-0.15, -0.1) is 0 Å². The topological polar surface area (TPSA) is 9.72 Å². The fourth-order valence-corrected chi connectivity index (χ4v) is 2.21. The monoisotopic (exact) mass is 193 g/mol. The largest absolute Gasteiger partial charge is 0.285 e. The molecule has 0 rings (SSSR count). The normalized spacial score (nSPS) is 15.3. The lowest BCUT2D eigenvalue weighted by atomic mass is 10.8. The molecule has 0 heterocycles. The summed E-state index contributed by atoms with van der Waals surface area (Å²) in [4.78, 5) is 2.11. The van der Waals surface area contributed by atoms with Gasteiger partial charge in [0.2, 0.25) is 0 Å². The van der Waals surface area contributed by atoms with Crippen LogP contribution in [-0.2, 0) is 11.8 Å². The Morgan fingerprint density at radius 3 is 1.64 bits per heavy atom. The van der Waals surface area contributed by atoms with Crippen molar-refractivity contribution in [3.63, 3.8) is 0 Å². The second-order valence-corrected chi connectivity index (χ2v) is 4.14. The lowest BCUT2D eigenvalue weighted by Gasteiger charge is -2.33. The van der Waals surface area contributed by atoms with Crippen LogP contribution >= 0.6 is 7.36 Å². The Kier molecular flexibility index (Phi) is 5.30. The minimum atomic E-state index is 0.292. The standard InChI is InChI=1S/C6H16N3PS/c1-7(2)6(10-11)9(5)8(3)4/h6H,1-5H3. The van der Waals surface area contributed by atoms with E-state index < -0.39 is 0 Å². The van der Waals surface area contributed by atoms with Crippen LogP contribution in [0.3, 0.4) is 0 Å². The average molecular weight is 193 g/mol. The summed E-state index contributed by atoms with van der Waals surface area (Å²) in [6.07, 6.45) is 0. The summed E-state index contributed by atoms with van der Waals surface area (Å²) >= 11 is 5.01. The fourth-order valence-electron chi connectivity index (χ4n) is 0.703. The zero-order valence-corrected chi connectivity index (χ0v) is 9.49. The van der Waals surface area contributed by atoms with Crippen molar-refractivity contribution in [3.05, 3.63) is 0 Å². The maximum Gasteiger partial charge on any atom is 0.128 e. The van der Waals surface area contributed by atoms with Gasteiger partial charge in [0.05, 0.1) is 0 Å². The Bertz CT molecular complexity index is 129. The van der Waals surface area contributed by atoms with E-state index in [1.165, 1.54) is 0 Å². The SMILES string of the molecule is CN(C)C(P=S)N(C)N(C)C. The predicted molar refractivity (Wildman–Crippen MR) is 53.2 cm³/mol. The molecule has 0 bridgehead atoms. The first-order valence-electron chi connectivity index (χ1n) is 3.39. The molecule has 0 aromatic rings. The van der Waals surface area contributed by atoms with Crippen molar-refractivity contribution < 1.29 is 0 Å². The highest BCUT2D eigenvalue weighted by Gasteiger charge is 2.15. The lowest BCUT2D eigenvalue weighted by Crippen LogP contribution is -2.45. The summed E-state index contributed by atoms with van der Waals surface area (Å²) in [5.74, 6) is 0.292. The number of hydrogen-bond donors (Lipinski definition) is 0. The molecule has 0 saturated carbocycles. The van der Waals surface area contributed by atoms with Crippen LogP contribution in [0.4, 0.5) is 0 Å². The zero-order chi connectivity index (χ0) is 9.02. The Balaban J connectivity index is 4.13. The first-order valence-corrected chi connectivity index (χ1v) is 5.37. The van der Waals surface area contributed by atoms with Crippen molar-refractivity contribution in [3.8, 4) is 0 Å². The molecule has 0 fully saturated rings. The fraction of sp³-hybridized carbons (Fsp3) is 1.00. The van der Waals surface area contributed by atoms with Crippen molar-refractivity contribution in [2.24, 2.45) is 0 Å². The summed E-state index contributed by atoms with van der Waals surface area (Å²) in [5, 5.41) is 4.14. The summed E-state index contributed by atoms with van der Waals surface area (Å²) in [6.45, 7) is 0.